The first-order valence-electron chi connectivity index (χ1n) is 7.08. The minimum atomic E-state index is -0.967. The molecular formula is C16H19N3O3S. The summed E-state index contributed by atoms with van der Waals surface area (Å²) in [4.78, 5) is 24.6. The molecule has 7 heteroatoms. The number of rotatable bonds is 6. The Kier molecular flexibility index (Phi) is 5.44. The molecule has 122 valence electrons. The van der Waals surface area contributed by atoms with Crippen LogP contribution >= 0.6 is 11.8 Å². The molecule has 1 aromatic heterocycles. The maximum Gasteiger partial charge on any atom is 0.305 e. The number of carboxylic acids is 1. The average Bonchev–Trinajstić information content (AvgIpc) is 2.85. The Balaban J connectivity index is 2.22. The fraction of sp³-hybridized carbons (Fsp3) is 0.312. The highest BCUT2D eigenvalue weighted by Gasteiger charge is 2.21. The van der Waals surface area contributed by atoms with Crippen molar-refractivity contribution < 1.29 is 14.7 Å². The van der Waals surface area contributed by atoms with Gasteiger partial charge in [0.2, 0.25) is 0 Å². The number of benzene rings is 1. The van der Waals surface area contributed by atoms with E-state index in [4.69, 9.17) is 5.11 Å². The van der Waals surface area contributed by atoms with Crippen LogP contribution in [0.5, 0.6) is 0 Å². The highest BCUT2D eigenvalue weighted by molar-refractivity contribution is 7.98. The maximum absolute atomic E-state index is 12.4. The van der Waals surface area contributed by atoms with Crippen molar-refractivity contribution in [2.75, 3.05) is 6.26 Å². The molecule has 0 aliphatic rings. The Morgan fingerprint density at radius 3 is 2.48 bits per heavy atom. The summed E-state index contributed by atoms with van der Waals surface area (Å²) >= 11 is 1.60. The van der Waals surface area contributed by atoms with E-state index in [0.29, 0.717) is 5.69 Å². The van der Waals surface area contributed by atoms with E-state index in [9.17, 15) is 9.59 Å². The number of carbonyl (C=O) groups is 2. The first-order chi connectivity index (χ1) is 10.9. The van der Waals surface area contributed by atoms with Crippen molar-refractivity contribution in [3.63, 3.8) is 0 Å². The van der Waals surface area contributed by atoms with E-state index in [2.05, 4.69) is 10.4 Å². The molecule has 0 aliphatic carbocycles. The van der Waals surface area contributed by atoms with E-state index < -0.39 is 12.0 Å². The molecule has 0 spiro atoms. The number of nitrogens with one attached hydrogen (secondary N) is 1. The minimum absolute atomic E-state index is 0.179. The van der Waals surface area contributed by atoms with Crippen LogP contribution < -0.4 is 5.32 Å². The van der Waals surface area contributed by atoms with Crippen molar-refractivity contribution in [3.05, 3.63) is 47.3 Å². The highest BCUT2D eigenvalue weighted by atomic mass is 32.2. The summed E-state index contributed by atoms with van der Waals surface area (Å²) in [5.41, 5.74) is 1.90. The molecule has 1 atom stereocenters. The van der Waals surface area contributed by atoms with Crippen LogP contribution in [0.4, 0.5) is 0 Å². The summed E-state index contributed by atoms with van der Waals surface area (Å²) in [6.45, 7) is 1.80. The molecule has 6 nitrogen and oxygen atoms in total. The normalized spacial score (nSPS) is 12.0. The van der Waals surface area contributed by atoms with Gasteiger partial charge in [0.1, 0.15) is 5.69 Å². The number of hydrogen-bond donors (Lipinski definition) is 2. The second kappa shape index (κ2) is 7.32. The van der Waals surface area contributed by atoms with Gasteiger partial charge in [0.15, 0.2) is 0 Å². The summed E-state index contributed by atoms with van der Waals surface area (Å²) < 4.78 is 1.49. The zero-order valence-corrected chi connectivity index (χ0v) is 14.1. The largest absolute Gasteiger partial charge is 0.481 e. The van der Waals surface area contributed by atoms with E-state index in [1.165, 1.54) is 4.68 Å². The zero-order chi connectivity index (χ0) is 17.0. The molecule has 1 aromatic carbocycles. The van der Waals surface area contributed by atoms with Crippen molar-refractivity contribution in [1.29, 1.82) is 0 Å². The van der Waals surface area contributed by atoms with E-state index in [1.807, 2.05) is 30.5 Å². The fourth-order valence-electron chi connectivity index (χ4n) is 2.32. The van der Waals surface area contributed by atoms with Gasteiger partial charge in [0, 0.05) is 11.9 Å². The predicted octanol–water partition coefficient (Wildman–Crippen LogP) is 2.40. The lowest BCUT2D eigenvalue weighted by molar-refractivity contribution is -0.137. The van der Waals surface area contributed by atoms with Gasteiger partial charge in [-0.2, -0.15) is 5.10 Å². The lowest BCUT2D eigenvalue weighted by Gasteiger charge is -2.17. The smallest absolute Gasteiger partial charge is 0.305 e. The van der Waals surface area contributed by atoms with E-state index in [0.717, 1.165) is 16.2 Å². The third kappa shape index (κ3) is 4.35. The van der Waals surface area contributed by atoms with Gasteiger partial charge in [-0.1, -0.05) is 12.1 Å². The number of aromatic nitrogens is 2. The zero-order valence-electron chi connectivity index (χ0n) is 13.2. The third-order valence-electron chi connectivity index (χ3n) is 3.44. The van der Waals surface area contributed by atoms with Crippen molar-refractivity contribution in [2.24, 2.45) is 7.05 Å². The molecule has 0 saturated heterocycles. The molecule has 2 N–H and O–H groups in total. The number of aryl methyl sites for hydroxylation is 2. The SMILES string of the molecule is CSc1ccc(C(CC(=O)O)NC(=O)c2cc(C)nn2C)cc1. The molecule has 0 fully saturated rings. The number of aliphatic carboxylic acids is 1. The first kappa shape index (κ1) is 17.1. The maximum atomic E-state index is 12.4. The topological polar surface area (TPSA) is 84.2 Å². The summed E-state index contributed by atoms with van der Waals surface area (Å²) in [6.07, 6.45) is 1.79. The minimum Gasteiger partial charge on any atom is -0.481 e. The van der Waals surface area contributed by atoms with Crippen LogP contribution in [0.2, 0.25) is 0 Å². The number of hydrogen-bond acceptors (Lipinski definition) is 4. The summed E-state index contributed by atoms with van der Waals surface area (Å²) in [6, 6.07) is 8.59. The summed E-state index contributed by atoms with van der Waals surface area (Å²) in [7, 11) is 1.68. The predicted molar refractivity (Wildman–Crippen MR) is 88.6 cm³/mol. The van der Waals surface area contributed by atoms with Gasteiger partial charge < -0.3 is 10.4 Å². The van der Waals surface area contributed by atoms with Gasteiger partial charge >= 0.3 is 5.97 Å². The molecule has 2 rings (SSSR count). The van der Waals surface area contributed by atoms with Gasteiger partial charge in [-0.25, -0.2) is 0 Å². The molecule has 1 unspecified atom stereocenters. The molecule has 23 heavy (non-hydrogen) atoms. The number of carbonyl (C=O) groups excluding carboxylic acids is 1. The lowest BCUT2D eigenvalue weighted by Crippen LogP contribution is -2.31. The van der Waals surface area contributed by atoms with E-state index >= 15 is 0 Å². The third-order valence-corrected chi connectivity index (χ3v) is 4.18. The van der Waals surface area contributed by atoms with Crippen molar-refractivity contribution in [1.82, 2.24) is 15.1 Å². The Morgan fingerprint density at radius 1 is 1.35 bits per heavy atom. The second-order valence-corrected chi connectivity index (χ2v) is 6.07. The van der Waals surface area contributed by atoms with Crippen LogP contribution in [0.15, 0.2) is 35.2 Å². The number of nitrogens with zero attached hydrogens (tertiary/aromatic N) is 2. The Hall–Kier alpha value is -2.28. The molecule has 2 aromatic rings. The van der Waals surface area contributed by atoms with Gasteiger partial charge in [-0.3, -0.25) is 14.3 Å². The van der Waals surface area contributed by atoms with E-state index in [-0.39, 0.29) is 12.3 Å². The second-order valence-electron chi connectivity index (χ2n) is 5.19. The molecule has 1 amide bonds. The number of carboxylic acid groups (broad SMARTS) is 1. The van der Waals surface area contributed by atoms with E-state index in [1.54, 1.807) is 31.8 Å². The van der Waals surface area contributed by atoms with Crippen LogP contribution in [-0.2, 0) is 11.8 Å². The quantitative estimate of drug-likeness (QED) is 0.793. The fourth-order valence-corrected chi connectivity index (χ4v) is 2.73. The highest BCUT2D eigenvalue weighted by Crippen LogP contribution is 2.22. The van der Waals surface area contributed by atoms with Crippen LogP contribution in [-0.4, -0.2) is 33.0 Å². The van der Waals surface area contributed by atoms with Gasteiger partial charge in [-0.05, 0) is 36.9 Å². The van der Waals surface area contributed by atoms with Crippen LogP contribution in [0.1, 0.15) is 34.2 Å². The Bertz CT molecular complexity index is 710. The lowest BCUT2D eigenvalue weighted by atomic mass is 10.0. The Labute approximate surface area is 138 Å². The monoisotopic (exact) mass is 333 g/mol. The van der Waals surface area contributed by atoms with Crippen molar-refractivity contribution in [2.45, 2.75) is 24.3 Å². The standard InChI is InChI=1S/C16H19N3O3S/c1-10-8-14(19(2)18-10)16(22)17-13(9-15(20)21)11-4-6-12(23-3)7-5-11/h4-8,13H,9H2,1-3H3,(H,17,22)(H,20,21). The average molecular weight is 333 g/mol. The van der Waals surface area contributed by atoms with Gasteiger partial charge in [-0.15, -0.1) is 11.8 Å². The molecular weight excluding hydrogens is 314 g/mol. The molecule has 0 saturated carbocycles. The molecule has 0 aliphatic heterocycles. The molecule has 0 radical (unpaired) electrons. The van der Waals surface area contributed by atoms with Crippen LogP contribution in [0.25, 0.3) is 0 Å². The molecule has 1 heterocycles. The van der Waals surface area contributed by atoms with Crippen LogP contribution in [0, 0.1) is 6.92 Å². The summed E-state index contributed by atoms with van der Waals surface area (Å²) in [5, 5.41) is 16.0. The van der Waals surface area contributed by atoms with Crippen molar-refractivity contribution >= 4 is 23.6 Å². The van der Waals surface area contributed by atoms with Crippen LogP contribution in [0.3, 0.4) is 0 Å². The Morgan fingerprint density at radius 2 is 2.00 bits per heavy atom. The van der Waals surface area contributed by atoms with Crippen molar-refractivity contribution in [3.8, 4) is 0 Å². The van der Waals surface area contributed by atoms with Gasteiger partial charge in [0.05, 0.1) is 18.2 Å². The number of thioether (sulfide) groups is 1. The summed E-state index contributed by atoms with van der Waals surface area (Å²) in [5.74, 6) is -1.31. The molecule has 0 bridgehead atoms. The first-order valence-corrected chi connectivity index (χ1v) is 8.30. The van der Waals surface area contributed by atoms with Gasteiger partial charge in [0.25, 0.3) is 5.91 Å². The number of amides is 1.